The van der Waals surface area contributed by atoms with Crippen molar-refractivity contribution in [2.45, 2.75) is 13.5 Å². The van der Waals surface area contributed by atoms with E-state index in [4.69, 9.17) is 0 Å². The lowest BCUT2D eigenvalue weighted by Gasteiger charge is -2.09. The van der Waals surface area contributed by atoms with E-state index in [0.29, 0.717) is 17.8 Å². The molecule has 0 radical (unpaired) electrons. The fourth-order valence-corrected chi connectivity index (χ4v) is 2.28. The molecule has 2 aromatic rings. The Morgan fingerprint density at radius 3 is 2.84 bits per heavy atom. The Kier molecular flexibility index (Phi) is 4.11. The zero-order chi connectivity index (χ0) is 13.8. The van der Waals surface area contributed by atoms with E-state index < -0.39 is 0 Å². The maximum Gasteiger partial charge on any atom is 0.274 e. The summed E-state index contributed by atoms with van der Waals surface area (Å²) >= 11 is 3.40. The minimum atomic E-state index is -0.381. The topological polar surface area (TPSA) is 68.1 Å². The van der Waals surface area contributed by atoms with Gasteiger partial charge in [0.15, 0.2) is 0 Å². The molecule has 0 aliphatic heterocycles. The van der Waals surface area contributed by atoms with E-state index in [1.165, 1.54) is 6.07 Å². The predicted octanol–water partition coefficient (Wildman–Crippen LogP) is 3.67. The van der Waals surface area contributed by atoms with Crippen LogP contribution in [0, 0.1) is 17.0 Å². The van der Waals surface area contributed by atoms with Gasteiger partial charge in [0.05, 0.1) is 22.8 Å². The molecular formula is C13H12BrN3O2. The first-order valence-electron chi connectivity index (χ1n) is 5.66. The van der Waals surface area contributed by atoms with Gasteiger partial charge >= 0.3 is 0 Å². The molecule has 0 atom stereocenters. The molecule has 0 aliphatic carbocycles. The maximum atomic E-state index is 10.9. The number of rotatable bonds is 4. The van der Waals surface area contributed by atoms with Gasteiger partial charge in [-0.25, -0.2) is 0 Å². The normalized spacial score (nSPS) is 10.2. The second kappa shape index (κ2) is 5.79. The molecule has 0 fully saturated rings. The number of aromatic nitrogens is 1. The van der Waals surface area contributed by atoms with Crippen LogP contribution in [0.15, 0.2) is 41.0 Å². The Balaban J connectivity index is 2.21. The number of nitro benzene ring substituents is 1. The average molecular weight is 322 g/mol. The Bertz CT molecular complexity index is 602. The van der Waals surface area contributed by atoms with Crippen LogP contribution in [-0.2, 0) is 6.54 Å². The van der Waals surface area contributed by atoms with E-state index >= 15 is 0 Å². The Hall–Kier alpha value is -1.95. The molecule has 19 heavy (non-hydrogen) atoms. The fraction of sp³-hybridized carbons (Fsp3) is 0.154. The summed E-state index contributed by atoms with van der Waals surface area (Å²) in [6, 6.07) is 8.90. The van der Waals surface area contributed by atoms with Crippen LogP contribution < -0.4 is 5.32 Å². The fourth-order valence-electron chi connectivity index (χ4n) is 1.68. The molecule has 1 aromatic carbocycles. The predicted molar refractivity (Wildman–Crippen MR) is 77.1 cm³/mol. The Morgan fingerprint density at radius 1 is 1.42 bits per heavy atom. The summed E-state index contributed by atoms with van der Waals surface area (Å²) in [5, 5.41) is 14.0. The van der Waals surface area contributed by atoms with Crippen LogP contribution in [-0.4, -0.2) is 9.91 Å². The lowest BCUT2D eigenvalue weighted by Crippen LogP contribution is -2.03. The highest BCUT2D eigenvalue weighted by Crippen LogP contribution is 2.30. The highest BCUT2D eigenvalue weighted by Gasteiger charge is 2.14. The van der Waals surface area contributed by atoms with E-state index in [9.17, 15) is 10.1 Å². The molecule has 5 nitrogen and oxygen atoms in total. The number of hydrogen-bond acceptors (Lipinski definition) is 4. The van der Waals surface area contributed by atoms with Crippen molar-refractivity contribution in [1.29, 1.82) is 0 Å². The molecule has 0 saturated heterocycles. The highest BCUT2D eigenvalue weighted by atomic mass is 79.9. The van der Waals surface area contributed by atoms with Crippen molar-refractivity contribution >= 4 is 27.3 Å². The van der Waals surface area contributed by atoms with E-state index in [1.807, 2.05) is 18.2 Å². The van der Waals surface area contributed by atoms with Crippen molar-refractivity contribution in [3.63, 3.8) is 0 Å². The van der Waals surface area contributed by atoms with E-state index in [0.717, 1.165) is 10.2 Å². The molecule has 1 heterocycles. The number of pyridine rings is 1. The first kappa shape index (κ1) is 13.5. The lowest BCUT2D eigenvalue weighted by atomic mass is 10.2. The molecule has 1 N–H and O–H groups in total. The number of nitrogens with zero attached hydrogens (tertiary/aromatic N) is 2. The third-order valence-electron chi connectivity index (χ3n) is 2.67. The minimum absolute atomic E-state index is 0.103. The lowest BCUT2D eigenvalue weighted by molar-refractivity contribution is -0.385. The van der Waals surface area contributed by atoms with Gasteiger partial charge in [-0.1, -0.05) is 6.07 Å². The van der Waals surface area contributed by atoms with Gasteiger partial charge in [-0.05, 0) is 41.1 Å². The van der Waals surface area contributed by atoms with Gasteiger partial charge in [-0.2, -0.15) is 0 Å². The summed E-state index contributed by atoms with van der Waals surface area (Å²) in [6.07, 6.45) is 1.71. The number of benzene rings is 1. The smallest absolute Gasteiger partial charge is 0.274 e. The molecule has 98 valence electrons. The van der Waals surface area contributed by atoms with Crippen LogP contribution in [0.4, 0.5) is 11.4 Å². The molecular weight excluding hydrogens is 310 g/mol. The molecule has 1 aromatic heterocycles. The standard InChI is InChI=1S/C13H12BrN3O2/c1-9-6-11(14)12(7-13(9)17(18)19)16-8-10-4-2-3-5-15-10/h2-7,16H,8H2,1H3. The number of hydrogen-bond donors (Lipinski definition) is 1. The number of nitrogens with one attached hydrogen (secondary N) is 1. The summed E-state index contributed by atoms with van der Waals surface area (Å²) < 4.78 is 0.798. The Labute approximate surface area is 119 Å². The van der Waals surface area contributed by atoms with Crippen LogP contribution in [0.25, 0.3) is 0 Å². The number of aryl methyl sites for hydroxylation is 1. The first-order chi connectivity index (χ1) is 9.08. The van der Waals surface area contributed by atoms with Crippen LogP contribution in [0.2, 0.25) is 0 Å². The summed E-state index contributed by atoms with van der Waals surface area (Å²) in [5.74, 6) is 0. The largest absolute Gasteiger partial charge is 0.378 e. The first-order valence-corrected chi connectivity index (χ1v) is 6.45. The molecule has 0 bridgehead atoms. The van der Waals surface area contributed by atoms with E-state index in [2.05, 4.69) is 26.2 Å². The second-order valence-corrected chi connectivity index (χ2v) is 4.90. The van der Waals surface area contributed by atoms with Crippen LogP contribution in [0.3, 0.4) is 0 Å². The van der Waals surface area contributed by atoms with Gasteiger partial charge < -0.3 is 5.32 Å². The maximum absolute atomic E-state index is 10.9. The zero-order valence-electron chi connectivity index (χ0n) is 10.3. The minimum Gasteiger partial charge on any atom is -0.378 e. The van der Waals surface area contributed by atoms with Gasteiger partial charge in [0.1, 0.15) is 0 Å². The molecule has 2 rings (SSSR count). The Morgan fingerprint density at radius 2 is 2.21 bits per heavy atom. The monoisotopic (exact) mass is 321 g/mol. The SMILES string of the molecule is Cc1cc(Br)c(NCc2ccccn2)cc1[N+](=O)[O-]. The number of nitro groups is 1. The van der Waals surface area contributed by atoms with Crippen molar-refractivity contribution in [2.24, 2.45) is 0 Å². The molecule has 6 heteroatoms. The summed E-state index contributed by atoms with van der Waals surface area (Å²) in [5.41, 5.74) is 2.28. The van der Waals surface area contributed by atoms with Gasteiger partial charge in [0.2, 0.25) is 0 Å². The van der Waals surface area contributed by atoms with Crippen molar-refractivity contribution < 1.29 is 4.92 Å². The van der Waals surface area contributed by atoms with Gasteiger partial charge in [-0.3, -0.25) is 15.1 Å². The quantitative estimate of drug-likeness (QED) is 0.689. The van der Waals surface area contributed by atoms with Crippen LogP contribution >= 0.6 is 15.9 Å². The summed E-state index contributed by atoms with van der Waals surface area (Å²) in [6.45, 7) is 2.23. The average Bonchev–Trinajstić information content (AvgIpc) is 2.38. The number of halogens is 1. The molecule has 0 unspecified atom stereocenters. The zero-order valence-corrected chi connectivity index (χ0v) is 11.8. The molecule has 0 amide bonds. The van der Waals surface area contributed by atoms with Gasteiger partial charge in [0, 0.05) is 22.3 Å². The third kappa shape index (κ3) is 3.29. The summed E-state index contributed by atoms with van der Waals surface area (Å²) in [7, 11) is 0. The molecule has 0 saturated carbocycles. The van der Waals surface area contributed by atoms with Crippen molar-refractivity contribution in [2.75, 3.05) is 5.32 Å². The van der Waals surface area contributed by atoms with Crippen LogP contribution in [0.5, 0.6) is 0 Å². The van der Waals surface area contributed by atoms with E-state index in [-0.39, 0.29) is 10.6 Å². The second-order valence-electron chi connectivity index (χ2n) is 4.05. The van der Waals surface area contributed by atoms with Crippen LogP contribution in [0.1, 0.15) is 11.3 Å². The molecule has 0 spiro atoms. The van der Waals surface area contributed by atoms with Crippen molar-refractivity contribution in [3.05, 3.63) is 62.4 Å². The summed E-state index contributed by atoms with van der Waals surface area (Å²) in [4.78, 5) is 14.7. The van der Waals surface area contributed by atoms with E-state index in [1.54, 1.807) is 19.2 Å². The van der Waals surface area contributed by atoms with Gasteiger partial charge in [-0.15, -0.1) is 0 Å². The number of anilines is 1. The van der Waals surface area contributed by atoms with Crippen molar-refractivity contribution in [3.8, 4) is 0 Å². The third-order valence-corrected chi connectivity index (χ3v) is 3.32. The highest BCUT2D eigenvalue weighted by molar-refractivity contribution is 9.10. The van der Waals surface area contributed by atoms with Crippen molar-refractivity contribution in [1.82, 2.24) is 4.98 Å². The molecule has 0 aliphatic rings. The van der Waals surface area contributed by atoms with Gasteiger partial charge in [0.25, 0.3) is 5.69 Å².